The fraction of sp³-hybridized carbons (Fsp3) is 0.261. The largest absolute Gasteiger partial charge is 0.417 e. The number of hydrogen-bond acceptors (Lipinski definition) is 3. The Balaban J connectivity index is 1.46. The summed E-state index contributed by atoms with van der Waals surface area (Å²) in [6, 6.07) is 10.3. The number of anilines is 1. The summed E-state index contributed by atoms with van der Waals surface area (Å²) in [5, 5.41) is 6.42. The van der Waals surface area contributed by atoms with Crippen LogP contribution >= 0.6 is 0 Å². The highest BCUT2D eigenvalue weighted by Crippen LogP contribution is 2.40. The highest BCUT2D eigenvalue weighted by atomic mass is 19.4. The molecule has 0 amide bonds. The number of pyridine rings is 1. The summed E-state index contributed by atoms with van der Waals surface area (Å²) in [6.07, 6.45) is -9.83. The highest BCUT2D eigenvalue weighted by molar-refractivity contribution is 5.85. The van der Waals surface area contributed by atoms with Gasteiger partial charge in [-0.1, -0.05) is 12.1 Å². The summed E-state index contributed by atoms with van der Waals surface area (Å²) < 4.78 is 79.3. The summed E-state index contributed by atoms with van der Waals surface area (Å²) in [5.74, 6) is 0.512. The van der Waals surface area contributed by atoms with E-state index in [1.165, 1.54) is 12.1 Å². The molecule has 4 N–H and O–H groups in total. The molecule has 34 heavy (non-hydrogen) atoms. The van der Waals surface area contributed by atoms with Crippen molar-refractivity contribution in [1.82, 2.24) is 15.3 Å². The van der Waals surface area contributed by atoms with Crippen LogP contribution in [0.25, 0.3) is 21.8 Å². The topological polar surface area (TPSA) is 72.7 Å². The van der Waals surface area contributed by atoms with E-state index >= 15 is 0 Å². The van der Waals surface area contributed by atoms with Gasteiger partial charge in [-0.2, -0.15) is 26.3 Å². The van der Waals surface area contributed by atoms with Crippen molar-refractivity contribution in [2.75, 3.05) is 11.9 Å². The second-order valence-corrected chi connectivity index (χ2v) is 8.03. The maximum absolute atomic E-state index is 13.4. The molecule has 0 bridgehead atoms. The second-order valence-electron chi connectivity index (χ2n) is 8.03. The van der Waals surface area contributed by atoms with Gasteiger partial charge in [-0.25, -0.2) is 0 Å². The number of fused-ring (bicyclic) bond motifs is 2. The summed E-state index contributed by atoms with van der Waals surface area (Å²) in [4.78, 5) is 17.9. The summed E-state index contributed by atoms with van der Waals surface area (Å²) in [6.45, 7) is 2.29. The van der Waals surface area contributed by atoms with Gasteiger partial charge in [-0.3, -0.25) is 4.79 Å². The number of nitrogens with one attached hydrogen (secondary N) is 4. The van der Waals surface area contributed by atoms with E-state index in [4.69, 9.17) is 0 Å². The van der Waals surface area contributed by atoms with Gasteiger partial charge in [0, 0.05) is 47.2 Å². The van der Waals surface area contributed by atoms with Crippen molar-refractivity contribution in [1.29, 1.82) is 0 Å². The van der Waals surface area contributed by atoms with E-state index in [1.807, 2.05) is 6.92 Å². The van der Waals surface area contributed by atoms with Crippen LogP contribution in [0.15, 0.2) is 53.3 Å². The predicted octanol–water partition coefficient (Wildman–Crippen LogP) is 5.64. The van der Waals surface area contributed by atoms with Crippen molar-refractivity contribution in [3.8, 4) is 0 Å². The minimum atomic E-state index is -4.93. The zero-order valence-electron chi connectivity index (χ0n) is 17.8. The molecule has 0 aliphatic carbocycles. The van der Waals surface area contributed by atoms with E-state index < -0.39 is 23.5 Å². The Morgan fingerprint density at radius 1 is 0.882 bits per heavy atom. The van der Waals surface area contributed by atoms with Crippen LogP contribution in [0, 0.1) is 0 Å². The van der Waals surface area contributed by atoms with Gasteiger partial charge in [-0.15, -0.1) is 0 Å². The smallest absolute Gasteiger partial charge is 0.370 e. The second kappa shape index (κ2) is 8.71. The van der Waals surface area contributed by atoms with Crippen molar-refractivity contribution in [3.63, 3.8) is 0 Å². The van der Waals surface area contributed by atoms with Crippen LogP contribution in [-0.4, -0.2) is 22.6 Å². The number of hydrogen-bond donors (Lipinski definition) is 4. The Kier molecular flexibility index (Phi) is 6.07. The van der Waals surface area contributed by atoms with E-state index in [0.717, 1.165) is 0 Å². The first-order valence-corrected chi connectivity index (χ1v) is 10.3. The number of rotatable bonds is 6. The van der Waals surface area contributed by atoms with Crippen molar-refractivity contribution < 1.29 is 26.3 Å². The number of aromatic nitrogens is 2. The Morgan fingerprint density at radius 2 is 1.62 bits per heavy atom. The molecule has 4 aromatic rings. The molecule has 1 atom stereocenters. The van der Waals surface area contributed by atoms with Gasteiger partial charge in [0.25, 0.3) is 0 Å². The molecule has 2 aromatic heterocycles. The van der Waals surface area contributed by atoms with Crippen molar-refractivity contribution in [2.45, 2.75) is 31.9 Å². The van der Waals surface area contributed by atoms with Gasteiger partial charge < -0.3 is 20.6 Å². The first kappa shape index (κ1) is 23.7. The molecule has 2 aromatic carbocycles. The van der Waals surface area contributed by atoms with Crippen LogP contribution in [0.4, 0.5) is 32.2 Å². The lowest BCUT2D eigenvalue weighted by Crippen LogP contribution is -2.32. The van der Waals surface area contributed by atoms with E-state index in [2.05, 4.69) is 20.6 Å². The number of benzene rings is 2. The normalized spacial score (nSPS) is 13.5. The maximum Gasteiger partial charge on any atom is 0.417 e. The summed E-state index contributed by atoms with van der Waals surface area (Å²) in [5.41, 5.74) is -2.10. The minimum absolute atomic E-state index is 0.102. The third-order valence-corrected chi connectivity index (χ3v) is 5.40. The van der Waals surface area contributed by atoms with Crippen molar-refractivity contribution in [3.05, 3.63) is 75.6 Å². The van der Waals surface area contributed by atoms with Crippen LogP contribution in [0.5, 0.6) is 0 Å². The van der Waals surface area contributed by atoms with E-state index in [-0.39, 0.29) is 35.0 Å². The van der Waals surface area contributed by atoms with Gasteiger partial charge in [0.05, 0.1) is 16.6 Å². The monoisotopic (exact) mass is 482 g/mol. The molecule has 0 aliphatic heterocycles. The molecule has 0 radical (unpaired) electrons. The molecule has 5 nitrogen and oxygen atoms in total. The van der Waals surface area contributed by atoms with Gasteiger partial charge in [0.15, 0.2) is 5.43 Å². The maximum atomic E-state index is 13.4. The van der Waals surface area contributed by atoms with E-state index in [0.29, 0.717) is 35.0 Å². The Hall–Kier alpha value is -3.47. The van der Waals surface area contributed by atoms with Gasteiger partial charge >= 0.3 is 12.4 Å². The van der Waals surface area contributed by atoms with Crippen molar-refractivity contribution >= 4 is 27.6 Å². The lowest BCUT2D eigenvalue weighted by Gasteiger charge is -2.15. The summed E-state index contributed by atoms with van der Waals surface area (Å²) in [7, 11) is 0. The molecule has 0 fully saturated rings. The molecule has 4 rings (SSSR count). The summed E-state index contributed by atoms with van der Waals surface area (Å²) >= 11 is 0. The molecular weight excluding hydrogens is 462 g/mol. The molecule has 0 aliphatic rings. The lowest BCUT2D eigenvalue weighted by molar-refractivity contribution is -0.142. The van der Waals surface area contributed by atoms with E-state index in [9.17, 15) is 31.1 Å². The molecule has 2 heterocycles. The number of para-hydroxylation sites is 1. The number of aromatic amines is 2. The van der Waals surface area contributed by atoms with Gasteiger partial charge in [0.1, 0.15) is 5.82 Å². The van der Waals surface area contributed by atoms with Crippen LogP contribution in [0.1, 0.15) is 23.7 Å². The van der Waals surface area contributed by atoms with Crippen LogP contribution in [-0.2, 0) is 18.9 Å². The lowest BCUT2D eigenvalue weighted by atomic mass is 10.0. The average molecular weight is 482 g/mol. The first-order valence-electron chi connectivity index (χ1n) is 10.3. The molecular formula is C23H20F6N4O. The molecule has 0 saturated heterocycles. The van der Waals surface area contributed by atoms with Crippen LogP contribution in [0.3, 0.4) is 0 Å². The SMILES string of the molecule is CC(CNc1cc(=O)c2ccccc2[nH]1)NCc1cc2c(C(F)(F)F)cc(C(F)(F)F)cc2[nH]1. The van der Waals surface area contributed by atoms with Crippen molar-refractivity contribution in [2.24, 2.45) is 0 Å². The quantitative estimate of drug-likeness (QED) is 0.269. The van der Waals surface area contributed by atoms with E-state index in [1.54, 1.807) is 24.3 Å². The fourth-order valence-corrected chi connectivity index (χ4v) is 3.70. The Bertz CT molecular complexity index is 1390. The number of halogens is 6. The molecule has 0 spiro atoms. The third-order valence-electron chi connectivity index (χ3n) is 5.40. The zero-order valence-corrected chi connectivity index (χ0v) is 17.8. The first-order chi connectivity index (χ1) is 15.9. The Labute approximate surface area is 189 Å². The van der Waals surface area contributed by atoms with Gasteiger partial charge in [0.2, 0.25) is 0 Å². The van der Waals surface area contributed by atoms with Crippen LogP contribution < -0.4 is 16.1 Å². The van der Waals surface area contributed by atoms with Crippen LogP contribution in [0.2, 0.25) is 0 Å². The minimum Gasteiger partial charge on any atom is -0.370 e. The molecule has 0 saturated carbocycles. The standard InChI is InChI=1S/C23H20F6N4O/c1-12(10-31-21-9-20(34)15-4-2-3-5-18(15)33-21)30-11-14-8-16-17(23(27,28)29)6-13(22(24,25)26)7-19(16)32-14/h2-9,12,30,32H,10-11H2,1H3,(H2,31,33,34). The average Bonchev–Trinajstić information content (AvgIpc) is 3.17. The third kappa shape index (κ3) is 5.04. The number of alkyl halides is 6. The molecule has 1 unspecified atom stereocenters. The molecule has 180 valence electrons. The van der Waals surface area contributed by atoms with Gasteiger partial charge in [-0.05, 0) is 37.3 Å². The Morgan fingerprint density at radius 3 is 2.32 bits per heavy atom. The number of H-pyrrole nitrogens is 2. The highest BCUT2D eigenvalue weighted by Gasteiger charge is 2.38. The zero-order chi connectivity index (χ0) is 24.7. The fourth-order valence-electron chi connectivity index (χ4n) is 3.70. The predicted molar refractivity (Wildman–Crippen MR) is 118 cm³/mol. The molecule has 11 heteroatoms.